The minimum absolute atomic E-state index is 0.179. The number of amides is 1. The van der Waals surface area contributed by atoms with Gasteiger partial charge in [0.25, 0.3) is 5.91 Å². The number of rotatable bonds is 3. The predicted molar refractivity (Wildman–Crippen MR) is 95.3 cm³/mol. The summed E-state index contributed by atoms with van der Waals surface area (Å²) in [6.07, 6.45) is 1.76. The van der Waals surface area contributed by atoms with Crippen molar-refractivity contribution < 1.29 is 9.53 Å². The van der Waals surface area contributed by atoms with Crippen LogP contribution in [-0.4, -0.2) is 18.2 Å². The van der Waals surface area contributed by atoms with Crippen molar-refractivity contribution in [3.05, 3.63) is 64.0 Å². The van der Waals surface area contributed by atoms with Gasteiger partial charge in [-0.25, -0.2) is 4.99 Å². The Morgan fingerprint density at radius 2 is 1.91 bits per heavy atom. The number of aliphatic imine (C=N–C) groups is 1. The van der Waals surface area contributed by atoms with E-state index in [-0.39, 0.29) is 5.91 Å². The molecule has 1 N–H and O–H groups in total. The highest BCUT2D eigenvalue weighted by atomic mass is 35.5. The van der Waals surface area contributed by atoms with Crippen LogP contribution in [0.5, 0.6) is 5.75 Å². The minimum Gasteiger partial charge on any atom is -0.497 e. The van der Waals surface area contributed by atoms with E-state index in [1.807, 2.05) is 42.5 Å². The predicted octanol–water partition coefficient (Wildman–Crippen LogP) is 4.24. The molecule has 0 unspecified atom stereocenters. The van der Waals surface area contributed by atoms with Gasteiger partial charge in [-0.1, -0.05) is 29.8 Å². The summed E-state index contributed by atoms with van der Waals surface area (Å²) >= 11 is 7.41. The van der Waals surface area contributed by atoms with E-state index in [0.29, 0.717) is 15.1 Å². The van der Waals surface area contributed by atoms with Crippen molar-refractivity contribution in [1.29, 1.82) is 0 Å². The highest BCUT2D eigenvalue weighted by Gasteiger charge is 2.24. The molecule has 1 heterocycles. The van der Waals surface area contributed by atoms with Gasteiger partial charge in [-0.15, -0.1) is 0 Å². The first-order valence-electron chi connectivity index (χ1n) is 6.84. The van der Waals surface area contributed by atoms with Gasteiger partial charge in [-0.2, -0.15) is 0 Å². The van der Waals surface area contributed by atoms with Gasteiger partial charge in [0, 0.05) is 5.02 Å². The monoisotopic (exact) mass is 344 g/mol. The molecule has 0 radical (unpaired) electrons. The number of carbonyl (C=O) groups excluding carboxylic acids is 1. The Morgan fingerprint density at radius 3 is 2.61 bits per heavy atom. The van der Waals surface area contributed by atoms with Gasteiger partial charge < -0.3 is 10.1 Å². The Kier molecular flexibility index (Phi) is 4.69. The molecule has 0 bridgehead atoms. The lowest BCUT2D eigenvalue weighted by Gasteiger charge is -2.00. The van der Waals surface area contributed by atoms with Crippen LogP contribution in [-0.2, 0) is 4.79 Å². The molecule has 0 aromatic heterocycles. The maximum atomic E-state index is 12.0. The number of amidine groups is 1. The minimum atomic E-state index is -0.179. The third-order valence-electron chi connectivity index (χ3n) is 3.15. The van der Waals surface area contributed by atoms with E-state index in [1.165, 1.54) is 11.8 Å². The molecule has 1 aliphatic rings. The fourth-order valence-corrected chi connectivity index (χ4v) is 3.01. The van der Waals surface area contributed by atoms with Gasteiger partial charge in [0.05, 0.1) is 17.7 Å². The van der Waals surface area contributed by atoms with Crippen LogP contribution in [0.15, 0.2) is 58.4 Å². The van der Waals surface area contributed by atoms with Crippen LogP contribution < -0.4 is 10.1 Å². The lowest BCUT2D eigenvalue weighted by molar-refractivity contribution is -0.115. The van der Waals surface area contributed by atoms with E-state index in [4.69, 9.17) is 16.3 Å². The summed E-state index contributed by atoms with van der Waals surface area (Å²) in [5.41, 5.74) is 1.55. The Balaban J connectivity index is 1.81. The molecule has 2 aromatic rings. The standard InChI is InChI=1S/C17H13ClN2O2S/c1-22-13-8-6-12(7-9-13)19-17-20-16(21)15(23-17)10-11-4-2-3-5-14(11)18/h2-10H,1H3,(H,19,20,21)/b15-10-. The van der Waals surface area contributed by atoms with Gasteiger partial charge in [0.2, 0.25) is 0 Å². The summed E-state index contributed by atoms with van der Waals surface area (Å²) in [6, 6.07) is 14.7. The maximum Gasteiger partial charge on any atom is 0.264 e. The molecule has 0 aliphatic carbocycles. The Hall–Kier alpha value is -2.24. The normalized spacial score (nSPS) is 17.6. The molecule has 116 valence electrons. The van der Waals surface area contributed by atoms with Crippen LogP contribution in [0, 0.1) is 0 Å². The van der Waals surface area contributed by atoms with Crippen molar-refractivity contribution in [1.82, 2.24) is 5.32 Å². The number of nitrogens with one attached hydrogen (secondary N) is 1. The summed E-state index contributed by atoms with van der Waals surface area (Å²) in [5.74, 6) is 0.582. The number of carbonyl (C=O) groups is 1. The zero-order chi connectivity index (χ0) is 16.2. The third kappa shape index (κ3) is 3.75. The molecule has 0 saturated carbocycles. The molecule has 0 spiro atoms. The molecule has 6 heteroatoms. The summed E-state index contributed by atoms with van der Waals surface area (Å²) in [4.78, 5) is 17.0. The smallest absolute Gasteiger partial charge is 0.264 e. The summed E-state index contributed by atoms with van der Waals surface area (Å²) < 4.78 is 5.11. The maximum absolute atomic E-state index is 12.0. The molecule has 23 heavy (non-hydrogen) atoms. The topological polar surface area (TPSA) is 50.7 Å². The number of methoxy groups -OCH3 is 1. The fraction of sp³-hybridized carbons (Fsp3) is 0.0588. The molecular weight excluding hydrogens is 332 g/mol. The van der Waals surface area contributed by atoms with Crippen LogP contribution in [0.25, 0.3) is 6.08 Å². The lowest BCUT2D eigenvalue weighted by Crippen LogP contribution is -2.19. The Morgan fingerprint density at radius 1 is 1.17 bits per heavy atom. The molecule has 1 amide bonds. The SMILES string of the molecule is COc1ccc(N=C2NC(=O)/C(=C/c3ccccc3Cl)S2)cc1. The Bertz CT molecular complexity index is 800. The van der Waals surface area contributed by atoms with Crippen molar-refractivity contribution in [2.24, 2.45) is 4.99 Å². The zero-order valence-electron chi connectivity index (χ0n) is 12.2. The number of hydrogen-bond donors (Lipinski definition) is 1. The van der Waals surface area contributed by atoms with Crippen molar-refractivity contribution in [3.63, 3.8) is 0 Å². The van der Waals surface area contributed by atoms with Crippen LogP contribution in [0.1, 0.15) is 5.56 Å². The summed E-state index contributed by atoms with van der Waals surface area (Å²) in [5, 5.41) is 3.90. The van der Waals surface area contributed by atoms with Crippen LogP contribution in [0.3, 0.4) is 0 Å². The van der Waals surface area contributed by atoms with Gasteiger partial charge in [-0.3, -0.25) is 4.79 Å². The van der Waals surface area contributed by atoms with E-state index in [2.05, 4.69) is 10.3 Å². The fourth-order valence-electron chi connectivity index (χ4n) is 1.99. The number of benzene rings is 2. The highest BCUT2D eigenvalue weighted by Crippen LogP contribution is 2.30. The number of nitrogens with zero attached hydrogens (tertiary/aromatic N) is 1. The second-order valence-corrected chi connectivity index (χ2v) is 6.14. The third-order valence-corrected chi connectivity index (χ3v) is 4.40. The van der Waals surface area contributed by atoms with Crippen LogP contribution in [0.2, 0.25) is 5.02 Å². The van der Waals surface area contributed by atoms with E-state index in [0.717, 1.165) is 17.0 Å². The van der Waals surface area contributed by atoms with Crippen LogP contribution in [0.4, 0.5) is 5.69 Å². The molecular formula is C17H13ClN2O2S. The first-order chi connectivity index (χ1) is 11.2. The quantitative estimate of drug-likeness (QED) is 0.847. The second-order valence-electron chi connectivity index (χ2n) is 4.70. The molecule has 3 rings (SSSR count). The van der Waals surface area contributed by atoms with E-state index < -0.39 is 0 Å². The summed E-state index contributed by atoms with van der Waals surface area (Å²) in [7, 11) is 1.61. The zero-order valence-corrected chi connectivity index (χ0v) is 13.8. The van der Waals surface area contributed by atoms with Crippen molar-refractivity contribution in [3.8, 4) is 5.75 Å². The number of hydrogen-bond acceptors (Lipinski definition) is 4. The molecule has 0 atom stereocenters. The first-order valence-corrected chi connectivity index (χ1v) is 8.03. The van der Waals surface area contributed by atoms with Crippen molar-refractivity contribution in [2.75, 3.05) is 7.11 Å². The largest absolute Gasteiger partial charge is 0.497 e. The van der Waals surface area contributed by atoms with E-state index in [9.17, 15) is 4.79 Å². The van der Waals surface area contributed by atoms with Gasteiger partial charge >= 0.3 is 0 Å². The lowest BCUT2D eigenvalue weighted by atomic mass is 10.2. The summed E-state index contributed by atoms with van der Waals surface area (Å²) in [6.45, 7) is 0. The number of ether oxygens (including phenoxy) is 1. The highest BCUT2D eigenvalue weighted by molar-refractivity contribution is 8.18. The van der Waals surface area contributed by atoms with Gasteiger partial charge in [0.15, 0.2) is 5.17 Å². The van der Waals surface area contributed by atoms with Crippen molar-refractivity contribution >= 4 is 46.2 Å². The number of halogens is 1. The van der Waals surface area contributed by atoms with Gasteiger partial charge in [-0.05, 0) is 53.7 Å². The Labute approximate surface area is 143 Å². The van der Waals surface area contributed by atoms with Crippen LogP contribution >= 0.6 is 23.4 Å². The average molecular weight is 345 g/mol. The first kappa shape index (κ1) is 15.6. The molecule has 1 fully saturated rings. The van der Waals surface area contributed by atoms with Gasteiger partial charge in [0.1, 0.15) is 5.75 Å². The van der Waals surface area contributed by atoms with E-state index >= 15 is 0 Å². The average Bonchev–Trinajstić information content (AvgIpc) is 2.90. The second kappa shape index (κ2) is 6.89. The molecule has 4 nitrogen and oxygen atoms in total. The van der Waals surface area contributed by atoms with Crippen molar-refractivity contribution in [2.45, 2.75) is 0 Å². The molecule has 1 aliphatic heterocycles. The van der Waals surface area contributed by atoms with E-state index in [1.54, 1.807) is 19.3 Å². The molecule has 1 saturated heterocycles. The molecule has 2 aromatic carbocycles. The number of thioether (sulfide) groups is 1.